The Morgan fingerprint density at radius 1 is 1.05 bits per heavy atom. The van der Waals surface area contributed by atoms with Crippen molar-refractivity contribution in [1.29, 1.82) is 0 Å². The average molecular weight is 270 g/mol. The molecule has 2 rings (SSSR count). The summed E-state index contributed by atoms with van der Waals surface area (Å²) in [6, 6.07) is 14.5. The van der Waals surface area contributed by atoms with Crippen LogP contribution in [0.1, 0.15) is 28.9 Å². The van der Waals surface area contributed by atoms with Gasteiger partial charge in [-0.15, -0.1) is 0 Å². The Morgan fingerprint density at radius 3 is 2.20 bits per heavy atom. The van der Waals surface area contributed by atoms with E-state index >= 15 is 0 Å². The standard InChI is InChI=1S/C16H18N2O2/c1-11(12-5-9-15(19)10-6-12)18-14-7-3-13(4-8-14)16(20)17-2/h3-11,18-19H,1-2H3,(H,17,20). The van der Waals surface area contributed by atoms with E-state index < -0.39 is 0 Å². The topological polar surface area (TPSA) is 61.4 Å². The van der Waals surface area contributed by atoms with Crippen molar-refractivity contribution in [2.45, 2.75) is 13.0 Å². The van der Waals surface area contributed by atoms with Crippen molar-refractivity contribution in [3.8, 4) is 5.75 Å². The molecule has 1 amide bonds. The summed E-state index contributed by atoms with van der Waals surface area (Å²) in [5, 5.41) is 15.2. The molecule has 0 saturated heterocycles. The zero-order valence-electron chi connectivity index (χ0n) is 11.6. The van der Waals surface area contributed by atoms with Gasteiger partial charge in [0.05, 0.1) is 0 Å². The van der Waals surface area contributed by atoms with Gasteiger partial charge in [0.15, 0.2) is 0 Å². The molecular formula is C16H18N2O2. The summed E-state index contributed by atoms with van der Waals surface area (Å²) in [5.41, 5.74) is 2.66. The Labute approximate surface area is 118 Å². The van der Waals surface area contributed by atoms with Crippen molar-refractivity contribution in [2.75, 3.05) is 12.4 Å². The maximum atomic E-state index is 11.4. The minimum absolute atomic E-state index is 0.0943. The number of phenolic OH excluding ortho intramolecular Hbond substituents is 1. The first-order valence-corrected chi connectivity index (χ1v) is 6.48. The van der Waals surface area contributed by atoms with Crippen LogP contribution in [0.15, 0.2) is 48.5 Å². The summed E-state index contributed by atoms with van der Waals surface area (Å²) in [6.45, 7) is 2.04. The van der Waals surface area contributed by atoms with Crippen molar-refractivity contribution < 1.29 is 9.90 Å². The lowest BCUT2D eigenvalue weighted by Crippen LogP contribution is -2.17. The van der Waals surface area contributed by atoms with Crippen LogP contribution in [-0.2, 0) is 0 Å². The van der Waals surface area contributed by atoms with Gasteiger partial charge >= 0.3 is 0 Å². The molecule has 3 N–H and O–H groups in total. The molecule has 2 aromatic rings. The van der Waals surface area contributed by atoms with Crippen molar-refractivity contribution in [3.05, 3.63) is 59.7 Å². The highest BCUT2D eigenvalue weighted by atomic mass is 16.3. The number of carbonyl (C=O) groups excluding carboxylic acids is 1. The van der Waals surface area contributed by atoms with Gasteiger partial charge in [0.2, 0.25) is 0 Å². The summed E-state index contributed by atoms with van der Waals surface area (Å²) in [4.78, 5) is 11.4. The summed E-state index contributed by atoms with van der Waals surface area (Å²) < 4.78 is 0. The number of hydrogen-bond donors (Lipinski definition) is 3. The largest absolute Gasteiger partial charge is 0.508 e. The number of anilines is 1. The van der Waals surface area contributed by atoms with Gasteiger partial charge in [-0.1, -0.05) is 12.1 Å². The normalized spacial score (nSPS) is 11.7. The van der Waals surface area contributed by atoms with E-state index in [9.17, 15) is 9.90 Å². The van der Waals surface area contributed by atoms with Gasteiger partial charge in [-0.2, -0.15) is 0 Å². The molecule has 0 aliphatic carbocycles. The second-order valence-electron chi connectivity index (χ2n) is 4.61. The summed E-state index contributed by atoms with van der Waals surface area (Å²) in [7, 11) is 1.61. The number of aromatic hydroxyl groups is 1. The molecule has 1 atom stereocenters. The maximum absolute atomic E-state index is 11.4. The fourth-order valence-corrected chi connectivity index (χ4v) is 1.96. The molecule has 0 aliphatic heterocycles. The molecule has 1 unspecified atom stereocenters. The number of benzene rings is 2. The van der Waals surface area contributed by atoms with Crippen molar-refractivity contribution in [3.63, 3.8) is 0 Å². The third-order valence-corrected chi connectivity index (χ3v) is 3.15. The number of phenols is 1. The lowest BCUT2D eigenvalue weighted by atomic mass is 10.1. The van der Waals surface area contributed by atoms with Crippen molar-refractivity contribution in [2.24, 2.45) is 0 Å². The zero-order chi connectivity index (χ0) is 14.5. The van der Waals surface area contributed by atoms with E-state index in [2.05, 4.69) is 10.6 Å². The second-order valence-corrected chi connectivity index (χ2v) is 4.61. The molecule has 4 nitrogen and oxygen atoms in total. The number of nitrogens with one attached hydrogen (secondary N) is 2. The predicted octanol–water partition coefficient (Wildman–Crippen LogP) is 2.92. The molecule has 0 fully saturated rings. The molecule has 0 spiro atoms. The molecule has 0 saturated carbocycles. The van der Waals surface area contributed by atoms with Crippen LogP contribution in [0, 0.1) is 0 Å². The van der Waals surface area contributed by atoms with Crippen LogP contribution in [0.25, 0.3) is 0 Å². The number of rotatable bonds is 4. The van der Waals surface area contributed by atoms with Gasteiger partial charge in [-0.3, -0.25) is 4.79 Å². The predicted molar refractivity (Wildman–Crippen MR) is 80.0 cm³/mol. The Morgan fingerprint density at radius 2 is 1.65 bits per heavy atom. The highest BCUT2D eigenvalue weighted by Gasteiger charge is 2.06. The SMILES string of the molecule is CNC(=O)c1ccc(NC(C)c2ccc(O)cc2)cc1. The van der Waals surface area contributed by atoms with Gasteiger partial charge in [-0.25, -0.2) is 0 Å². The molecule has 0 heterocycles. The quantitative estimate of drug-likeness (QED) is 0.800. The first-order valence-electron chi connectivity index (χ1n) is 6.48. The van der Waals surface area contributed by atoms with E-state index in [0.29, 0.717) is 5.56 Å². The summed E-state index contributed by atoms with van der Waals surface area (Å²) in [6.07, 6.45) is 0. The van der Waals surface area contributed by atoms with Crippen LogP contribution in [-0.4, -0.2) is 18.1 Å². The van der Waals surface area contributed by atoms with Crippen LogP contribution in [0.4, 0.5) is 5.69 Å². The van der Waals surface area contributed by atoms with Gasteiger partial charge < -0.3 is 15.7 Å². The van der Waals surface area contributed by atoms with Crippen LogP contribution < -0.4 is 10.6 Å². The van der Waals surface area contributed by atoms with Gasteiger partial charge in [-0.05, 0) is 48.9 Å². The molecular weight excluding hydrogens is 252 g/mol. The Balaban J connectivity index is 2.06. The first kappa shape index (κ1) is 13.9. The highest BCUT2D eigenvalue weighted by Crippen LogP contribution is 2.21. The van der Waals surface area contributed by atoms with E-state index in [1.54, 1.807) is 31.3 Å². The zero-order valence-corrected chi connectivity index (χ0v) is 11.6. The van der Waals surface area contributed by atoms with E-state index in [-0.39, 0.29) is 17.7 Å². The van der Waals surface area contributed by atoms with Crippen molar-refractivity contribution >= 4 is 11.6 Å². The van der Waals surface area contributed by atoms with Gasteiger partial charge in [0.1, 0.15) is 5.75 Å². The minimum Gasteiger partial charge on any atom is -0.508 e. The molecule has 2 aromatic carbocycles. The van der Waals surface area contributed by atoms with Crippen LogP contribution >= 0.6 is 0 Å². The maximum Gasteiger partial charge on any atom is 0.251 e. The lowest BCUT2D eigenvalue weighted by Gasteiger charge is -2.16. The molecule has 0 radical (unpaired) electrons. The molecule has 0 aromatic heterocycles. The number of hydrogen-bond acceptors (Lipinski definition) is 3. The number of carbonyl (C=O) groups is 1. The molecule has 0 bridgehead atoms. The van der Waals surface area contributed by atoms with Crippen LogP contribution in [0.2, 0.25) is 0 Å². The van der Waals surface area contributed by atoms with Gasteiger partial charge in [0.25, 0.3) is 5.91 Å². The fourth-order valence-electron chi connectivity index (χ4n) is 1.96. The summed E-state index contributed by atoms with van der Waals surface area (Å²) >= 11 is 0. The van der Waals surface area contributed by atoms with E-state index in [1.165, 1.54) is 0 Å². The average Bonchev–Trinajstić information content (AvgIpc) is 2.48. The van der Waals surface area contributed by atoms with Gasteiger partial charge in [0, 0.05) is 24.3 Å². The second kappa shape index (κ2) is 6.10. The summed E-state index contributed by atoms with van der Waals surface area (Å²) in [5.74, 6) is 0.166. The van der Waals surface area contributed by atoms with E-state index in [1.807, 2.05) is 31.2 Å². The Bertz CT molecular complexity index is 576. The van der Waals surface area contributed by atoms with Crippen LogP contribution in [0.3, 0.4) is 0 Å². The minimum atomic E-state index is -0.0943. The molecule has 20 heavy (non-hydrogen) atoms. The Hall–Kier alpha value is -2.49. The number of amides is 1. The highest BCUT2D eigenvalue weighted by molar-refractivity contribution is 5.94. The fraction of sp³-hybridized carbons (Fsp3) is 0.188. The molecule has 104 valence electrons. The first-order chi connectivity index (χ1) is 9.60. The molecule has 4 heteroatoms. The lowest BCUT2D eigenvalue weighted by molar-refractivity contribution is 0.0963. The van der Waals surface area contributed by atoms with Crippen LogP contribution in [0.5, 0.6) is 5.75 Å². The smallest absolute Gasteiger partial charge is 0.251 e. The van der Waals surface area contributed by atoms with Crippen molar-refractivity contribution in [1.82, 2.24) is 5.32 Å². The Kier molecular flexibility index (Phi) is 4.25. The monoisotopic (exact) mass is 270 g/mol. The third-order valence-electron chi connectivity index (χ3n) is 3.15. The molecule has 0 aliphatic rings. The van der Waals surface area contributed by atoms with E-state index in [0.717, 1.165) is 11.3 Å². The van der Waals surface area contributed by atoms with E-state index in [4.69, 9.17) is 0 Å². The third kappa shape index (κ3) is 3.29.